The van der Waals surface area contributed by atoms with Gasteiger partial charge < -0.3 is 14.7 Å². The fourth-order valence-electron chi connectivity index (χ4n) is 16.5. The molecule has 0 saturated carbocycles. The van der Waals surface area contributed by atoms with Gasteiger partial charge in [-0.3, -0.25) is 0 Å². The highest BCUT2D eigenvalue weighted by Gasteiger charge is 2.51. The molecule has 13 rings (SSSR count). The van der Waals surface area contributed by atoms with Gasteiger partial charge in [0.2, 0.25) is 0 Å². The first kappa shape index (κ1) is 61.1. The molecule has 0 radical (unpaired) electrons. The van der Waals surface area contributed by atoms with E-state index in [9.17, 15) is 0 Å². The Hall–Kier alpha value is -6.78. The minimum Gasteiger partial charge on any atom is -0.311 e. The normalized spacial score (nSPS) is 18.1. The van der Waals surface area contributed by atoms with Crippen LogP contribution < -0.4 is 31.1 Å². The molecule has 0 fully saturated rings. The van der Waals surface area contributed by atoms with Gasteiger partial charge in [0.25, 0.3) is 6.71 Å². The molecule has 460 valence electrons. The molecule has 0 atom stereocenters. The summed E-state index contributed by atoms with van der Waals surface area (Å²) in [7, 11) is 0. The maximum absolute atomic E-state index is 2.84. The molecule has 3 aliphatic carbocycles. The summed E-state index contributed by atoms with van der Waals surface area (Å²) in [5.74, 6) is 0. The Morgan fingerprint density at radius 2 is 0.764 bits per heavy atom. The lowest BCUT2D eigenvalue weighted by atomic mass is 9.33. The molecule has 2 heterocycles. The zero-order valence-electron chi connectivity index (χ0n) is 58.9. The van der Waals surface area contributed by atoms with Gasteiger partial charge in [0.05, 0.1) is 5.69 Å². The van der Waals surface area contributed by atoms with Crippen LogP contribution in [0, 0.1) is 13.8 Å². The van der Waals surface area contributed by atoms with Gasteiger partial charge >= 0.3 is 0 Å². The van der Waals surface area contributed by atoms with Crippen molar-refractivity contribution in [3.63, 3.8) is 0 Å². The summed E-state index contributed by atoms with van der Waals surface area (Å²) in [5.41, 5.74) is 34.3. The van der Waals surface area contributed by atoms with E-state index in [4.69, 9.17) is 0 Å². The van der Waals surface area contributed by atoms with Gasteiger partial charge in [-0.05, 0) is 226 Å². The summed E-state index contributed by atoms with van der Waals surface area (Å²) >= 11 is 0. The third-order valence-electron chi connectivity index (χ3n) is 22.6. The van der Waals surface area contributed by atoms with Crippen molar-refractivity contribution in [2.75, 3.05) is 14.7 Å². The minimum absolute atomic E-state index is 0.00845. The van der Waals surface area contributed by atoms with Crippen LogP contribution >= 0.6 is 0 Å². The van der Waals surface area contributed by atoms with Gasteiger partial charge in [-0.2, -0.15) is 0 Å². The van der Waals surface area contributed by atoms with Crippen molar-refractivity contribution in [3.8, 4) is 11.1 Å². The number of anilines is 9. The van der Waals surface area contributed by atoms with E-state index in [0.717, 1.165) is 42.7 Å². The van der Waals surface area contributed by atoms with Gasteiger partial charge in [-0.25, -0.2) is 0 Å². The van der Waals surface area contributed by atoms with E-state index >= 15 is 0 Å². The molecule has 89 heavy (non-hydrogen) atoms. The molecule has 8 aromatic carbocycles. The average molecular weight is 1180 g/mol. The first-order chi connectivity index (χ1) is 41.2. The molecule has 0 spiro atoms. The molecule has 3 nitrogen and oxygen atoms in total. The Kier molecular flexibility index (Phi) is 13.5. The largest absolute Gasteiger partial charge is 0.311 e. The smallest absolute Gasteiger partial charge is 0.252 e. The Morgan fingerprint density at radius 3 is 1.26 bits per heavy atom. The van der Waals surface area contributed by atoms with Crippen LogP contribution in [-0.4, -0.2) is 6.71 Å². The van der Waals surface area contributed by atoms with Gasteiger partial charge in [0.1, 0.15) is 0 Å². The number of fused-ring (bicyclic) bond motifs is 10. The highest BCUT2D eigenvalue weighted by molar-refractivity contribution is 7.00. The van der Waals surface area contributed by atoms with E-state index in [1.807, 2.05) is 0 Å². The van der Waals surface area contributed by atoms with Crippen LogP contribution in [0.5, 0.6) is 0 Å². The quantitative estimate of drug-likeness (QED) is 0.159. The van der Waals surface area contributed by atoms with Crippen molar-refractivity contribution in [1.82, 2.24) is 0 Å². The Balaban J connectivity index is 1.24. The average Bonchev–Trinajstić information content (AvgIpc) is 1.66. The Morgan fingerprint density at radius 1 is 0.348 bits per heavy atom. The zero-order valence-corrected chi connectivity index (χ0v) is 58.9. The number of hydrogen-bond donors (Lipinski definition) is 0. The molecule has 0 bridgehead atoms. The molecule has 0 amide bonds. The highest BCUT2D eigenvalue weighted by atomic mass is 15.2. The van der Waals surface area contributed by atoms with E-state index in [1.54, 1.807) is 0 Å². The van der Waals surface area contributed by atoms with E-state index in [-0.39, 0.29) is 55.4 Å². The number of hydrogen-bond acceptors (Lipinski definition) is 3. The fraction of sp³-hybridized carbons (Fsp3) is 0.435. The van der Waals surface area contributed by atoms with Crippen molar-refractivity contribution >= 4 is 74.3 Å². The van der Waals surface area contributed by atoms with E-state index in [1.165, 1.54) is 128 Å². The van der Waals surface area contributed by atoms with Crippen LogP contribution in [0.3, 0.4) is 0 Å². The molecule has 0 unspecified atom stereocenters. The van der Waals surface area contributed by atoms with Crippen LogP contribution in [0.1, 0.15) is 245 Å². The maximum Gasteiger partial charge on any atom is 0.252 e. The first-order valence-corrected chi connectivity index (χ1v) is 33.8. The second-order valence-corrected chi connectivity index (χ2v) is 35.4. The standard InChI is InChI=1S/C85H102BN3/c1-51-43-55(79(9,10)11)30-38-69(51)88-71-50-66-64(82(17,18)40-42-84(66,21)22)48-68(71)86-67-37-36-62-74(60-45-56(80(12,13)14)29-35-61(60)85(62,23)24)76(67)89(70-49-65-63(44-52(70)2)81(15,16)39-41-83(65,19)20)73-47-59(46-72(88)75(73)86)87(57-31-25-53(26-32-57)77(3,4)5)58-33-27-54(28-34-58)78(6,7)8/h25-38,43-50H,39-42H2,1-24H3. The monoisotopic (exact) mass is 1180 g/mol. The number of aryl methyl sites for hydroxylation is 2. The number of nitrogens with zero attached hydrogens (tertiary/aromatic N) is 3. The highest BCUT2D eigenvalue weighted by Crippen LogP contribution is 2.59. The lowest BCUT2D eigenvalue weighted by Gasteiger charge is -2.49. The zero-order chi connectivity index (χ0) is 64.2. The molecule has 0 N–H and O–H groups in total. The minimum atomic E-state index is -0.242. The second-order valence-electron chi connectivity index (χ2n) is 35.4. The topological polar surface area (TPSA) is 9.72 Å². The van der Waals surface area contributed by atoms with Crippen molar-refractivity contribution in [3.05, 3.63) is 200 Å². The van der Waals surface area contributed by atoms with Crippen molar-refractivity contribution in [2.24, 2.45) is 0 Å². The summed E-state index contributed by atoms with van der Waals surface area (Å²) in [6, 6.07) is 55.0. The van der Waals surface area contributed by atoms with Gasteiger partial charge in [0.15, 0.2) is 0 Å². The molecule has 8 aromatic rings. The Labute approximate surface area is 537 Å². The lowest BCUT2D eigenvalue weighted by molar-refractivity contribution is 0.332. The molecule has 0 aromatic heterocycles. The first-order valence-electron chi connectivity index (χ1n) is 33.8. The summed E-state index contributed by atoms with van der Waals surface area (Å²) in [6.45, 7) is 57.9. The summed E-state index contributed by atoms with van der Waals surface area (Å²) in [5, 5.41) is 0. The van der Waals surface area contributed by atoms with E-state index < -0.39 is 0 Å². The molecule has 0 saturated heterocycles. The number of benzene rings is 8. The molecule has 2 aliphatic heterocycles. The third-order valence-corrected chi connectivity index (χ3v) is 22.6. The maximum atomic E-state index is 2.84. The second kappa shape index (κ2) is 19.6. The lowest BCUT2D eigenvalue weighted by Crippen LogP contribution is -2.62. The van der Waals surface area contributed by atoms with E-state index in [2.05, 4.69) is 314 Å². The van der Waals surface area contributed by atoms with Crippen molar-refractivity contribution in [1.29, 1.82) is 0 Å². The predicted octanol–water partition coefficient (Wildman–Crippen LogP) is 22.1. The van der Waals surface area contributed by atoms with Gasteiger partial charge in [0, 0.05) is 56.5 Å². The Bertz CT molecular complexity index is 4170. The summed E-state index contributed by atoms with van der Waals surface area (Å²) < 4.78 is 0. The van der Waals surface area contributed by atoms with Crippen LogP contribution in [0.25, 0.3) is 11.1 Å². The van der Waals surface area contributed by atoms with Crippen LogP contribution in [0.2, 0.25) is 0 Å². The van der Waals surface area contributed by atoms with Crippen LogP contribution in [0.4, 0.5) is 51.2 Å². The van der Waals surface area contributed by atoms with Gasteiger partial charge in [-0.1, -0.05) is 231 Å². The van der Waals surface area contributed by atoms with Crippen molar-refractivity contribution in [2.45, 2.75) is 241 Å². The molecule has 4 heteroatoms. The van der Waals surface area contributed by atoms with E-state index in [0.29, 0.717) is 0 Å². The van der Waals surface area contributed by atoms with Crippen molar-refractivity contribution < 1.29 is 0 Å². The SMILES string of the molecule is Cc1cc(C(C)(C)C)ccc1N1c2cc3c(cc2B2c4ccc5c(c4N(c4cc6c(cc4C)C(C)(C)CCC6(C)C)c4cc(N(c6ccc(C(C)(C)C)cc6)c6ccc(C(C)(C)C)cc6)cc1c42)-c1cc(C(C)(C)C)ccc1C5(C)C)C(C)(C)CCC3(C)C. The van der Waals surface area contributed by atoms with Crippen LogP contribution in [-0.2, 0) is 48.7 Å². The molecular weight excluding hydrogens is 1070 g/mol. The van der Waals surface area contributed by atoms with Crippen LogP contribution in [0.15, 0.2) is 133 Å². The molecular formula is C85H102BN3. The molecule has 5 aliphatic rings. The number of rotatable bonds is 5. The predicted molar refractivity (Wildman–Crippen MR) is 388 cm³/mol. The third kappa shape index (κ3) is 9.62. The summed E-state index contributed by atoms with van der Waals surface area (Å²) in [6.07, 6.45) is 4.59. The van der Waals surface area contributed by atoms with Gasteiger partial charge in [-0.15, -0.1) is 0 Å². The summed E-state index contributed by atoms with van der Waals surface area (Å²) in [4.78, 5) is 8.16. The fourth-order valence-corrected chi connectivity index (χ4v) is 16.5.